The Morgan fingerprint density at radius 2 is 1.86 bits per heavy atom. The molecule has 1 aliphatic heterocycles. The lowest BCUT2D eigenvalue weighted by molar-refractivity contribution is -0.387. The first-order valence-electron chi connectivity index (χ1n) is 8.51. The molecule has 3 rings (SSSR count). The number of nitro benzene ring substituents is 1. The number of benzene rings is 1. The van der Waals surface area contributed by atoms with Crippen LogP contribution in [0.5, 0.6) is 0 Å². The summed E-state index contributed by atoms with van der Waals surface area (Å²) in [5.74, 6) is 1.09. The van der Waals surface area contributed by atoms with Gasteiger partial charge < -0.3 is 4.90 Å². The van der Waals surface area contributed by atoms with Crippen molar-refractivity contribution in [1.82, 2.24) is 9.21 Å². The molecule has 0 saturated carbocycles. The molecule has 0 atom stereocenters. The van der Waals surface area contributed by atoms with Crippen LogP contribution in [-0.2, 0) is 20.6 Å². The van der Waals surface area contributed by atoms with Crippen molar-refractivity contribution in [3.8, 4) is 0 Å². The van der Waals surface area contributed by atoms with Crippen molar-refractivity contribution >= 4 is 44.7 Å². The fourth-order valence-corrected chi connectivity index (χ4v) is 6.22. The third kappa shape index (κ3) is 4.72. The summed E-state index contributed by atoms with van der Waals surface area (Å²) < 4.78 is 26.8. The number of para-hydroxylation sites is 1. The molecule has 1 aliphatic rings. The Morgan fingerprint density at radius 1 is 1.14 bits per heavy atom. The Bertz CT molecular complexity index is 939. The quantitative estimate of drug-likeness (QED) is 0.483. The molecule has 0 aliphatic carbocycles. The molecule has 28 heavy (non-hydrogen) atoms. The summed E-state index contributed by atoms with van der Waals surface area (Å²) in [7, 11) is -3.98. The number of rotatable bonds is 7. The normalized spacial score (nSPS) is 15.5. The van der Waals surface area contributed by atoms with Gasteiger partial charge in [-0.05, 0) is 17.5 Å². The number of amides is 1. The molecular weight excluding hydrogens is 422 g/mol. The molecule has 8 nitrogen and oxygen atoms in total. The number of hydrogen-bond donors (Lipinski definition) is 0. The van der Waals surface area contributed by atoms with Gasteiger partial charge in [0.15, 0.2) is 4.90 Å². The van der Waals surface area contributed by atoms with Crippen molar-refractivity contribution in [2.24, 2.45) is 0 Å². The molecule has 1 saturated heterocycles. The summed E-state index contributed by atoms with van der Waals surface area (Å²) in [5, 5.41) is 13.1. The summed E-state index contributed by atoms with van der Waals surface area (Å²) in [6.45, 7) is 0.794. The van der Waals surface area contributed by atoms with Crippen molar-refractivity contribution < 1.29 is 18.1 Å². The maximum absolute atomic E-state index is 12.8. The Morgan fingerprint density at radius 3 is 2.50 bits per heavy atom. The molecule has 1 aromatic carbocycles. The number of hydrogen-bond acceptors (Lipinski definition) is 7. The average molecular weight is 442 g/mol. The van der Waals surface area contributed by atoms with Gasteiger partial charge in [-0.25, -0.2) is 8.42 Å². The van der Waals surface area contributed by atoms with Crippen molar-refractivity contribution in [1.29, 1.82) is 0 Å². The highest BCUT2D eigenvalue weighted by Gasteiger charge is 2.34. The van der Waals surface area contributed by atoms with E-state index in [4.69, 9.17) is 0 Å². The SMILES string of the molecule is O=C(CSCc1cccs1)N1CCN(S(=O)(=O)c2ccccc2[N+](=O)[O-])CC1. The number of carbonyl (C=O) groups excluding carboxylic acids is 1. The van der Waals surface area contributed by atoms with Crippen molar-refractivity contribution in [3.05, 3.63) is 56.8 Å². The van der Waals surface area contributed by atoms with Crippen LogP contribution < -0.4 is 0 Å². The van der Waals surface area contributed by atoms with Gasteiger partial charge in [-0.2, -0.15) is 4.31 Å². The number of thiophene rings is 1. The van der Waals surface area contributed by atoms with E-state index in [9.17, 15) is 23.3 Å². The first-order chi connectivity index (χ1) is 13.4. The van der Waals surface area contributed by atoms with E-state index in [1.165, 1.54) is 45.2 Å². The molecule has 2 aromatic rings. The highest BCUT2D eigenvalue weighted by molar-refractivity contribution is 7.99. The molecule has 0 radical (unpaired) electrons. The minimum absolute atomic E-state index is 0.0238. The number of piperazine rings is 1. The maximum atomic E-state index is 12.8. The fraction of sp³-hybridized carbons (Fsp3) is 0.353. The number of thioether (sulfide) groups is 1. The molecule has 2 heterocycles. The lowest BCUT2D eigenvalue weighted by Crippen LogP contribution is -2.51. The molecule has 1 amide bonds. The Balaban J connectivity index is 1.57. The first-order valence-corrected chi connectivity index (χ1v) is 12.0. The van der Waals surface area contributed by atoms with E-state index in [0.717, 1.165) is 5.75 Å². The van der Waals surface area contributed by atoms with E-state index in [-0.39, 0.29) is 37.0 Å². The zero-order valence-electron chi connectivity index (χ0n) is 14.9. The van der Waals surface area contributed by atoms with Gasteiger partial charge >= 0.3 is 0 Å². The molecule has 11 heteroatoms. The van der Waals surface area contributed by atoms with Gasteiger partial charge in [-0.15, -0.1) is 23.1 Å². The van der Waals surface area contributed by atoms with Crippen LogP contribution in [0.1, 0.15) is 4.88 Å². The van der Waals surface area contributed by atoms with Gasteiger partial charge in [0.05, 0.1) is 10.7 Å². The van der Waals surface area contributed by atoms with E-state index < -0.39 is 20.6 Å². The van der Waals surface area contributed by atoms with E-state index in [2.05, 4.69) is 0 Å². The van der Waals surface area contributed by atoms with Crippen LogP contribution in [0.15, 0.2) is 46.7 Å². The Hall–Kier alpha value is -1.95. The van der Waals surface area contributed by atoms with E-state index in [1.807, 2.05) is 17.5 Å². The maximum Gasteiger partial charge on any atom is 0.289 e. The van der Waals surface area contributed by atoms with Crippen LogP contribution in [0.4, 0.5) is 5.69 Å². The second kappa shape index (κ2) is 9.03. The second-order valence-electron chi connectivity index (χ2n) is 6.08. The smallest absolute Gasteiger partial charge is 0.289 e. The van der Waals surface area contributed by atoms with Crippen molar-refractivity contribution in [2.45, 2.75) is 10.6 Å². The molecular formula is C17H19N3O5S3. The third-order valence-electron chi connectivity index (χ3n) is 4.32. The number of nitrogens with zero attached hydrogens (tertiary/aromatic N) is 3. The molecule has 150 valence electrons. The van der Waals surface area contributed by atoms with Crippen LogP contribution in [0.2, 0.25) is 0 Å². The number of carbonyl (C=O) groups is 1. The van der Waals surface area contributed by atoms with E-state index in [0.29, 0.717) is 5.75 Å². The summed E-state index contributed by atoms with van der Waals surface area (Å²) in [6.07, 6.45) is 0. The van der Waals surface area contributed by atoms with Gasteiger partial charge in [0.1, 0.15) is 0 Å². The Kier molecular flexibility index (Phi) is 6.70. The highest BCUT2D eigenvalue weighted by Crippen LogP contribution is 2.27. The monoisotopic (exact) mass is 441 g/mol. The van der Waals surface area contributed by atoms with Crippen LogP contribution >= 0.6 is 23.1 Å². The van der Waals surface area contributed by atoms with Crippen LogP contribution in [-0.4, -0.2) is 60.4 Å². The molecule has 1 aromatic heterocycles. The minimum atomic E-state index is -3.98. The van der Waals surface area contributed by atoms with Gasteiger partial charge in [0.25, 0.3) is 5.69 Å². The molecule has 0 bridgehead atoms. The zero-order valence-corrected chi connectivity index (χ0v) is 17.3. The molecule has 0 spiro atoms. The first kappa shape index (κ1) is 20.8. The summed E-state index contributed by atoms with van der Waals surface area (Å²) >= 11 is 3.18. The van der Waals surface area contributed by atoms with E-state index in [1.54, 1.807) is 16.2 Å². The topological polar surface area (TPSA) is 101 Å². The largest absolute Gasteiger partial charge is 0.339 e. The average Bonchev–Trinajstić information content (AvgIpc) is 3.21. The van der Waals surface area contributed by atoms with Gasteiger partial charge in [-0.3, -0.25) is 14.9 Å². The standard InChI is InChI=1S/C17H19N3O5S3/c21-17(13-26-12-14-4-3-11-27-14)18-7-9-19(10-8-18)28(24,25)16-6-2-1-5-15(16)20(22)23/h1-6,11H,7-10,12-13H2. The van der Waals surface area contributed by atoms with Gasteiger partial charge in [-0.1, -0.05) is 18.2 Å². The van der Waals surface area contributed by atoms with Gasteiger partial charge in [0.2, 0.25) is 15.9 Å². The van der Waals surface area contributed by atoms with Gasteiger partial charge in [0, 0.05) is 42.9 Å². The predicted octanol–water partition coefficient (Wildman–Crippen LogP) is 2.42. The summed E-state index contributed by atoms with van der Waals surface area (Å²) in [4.78, 5) is 25.3. The number of sulfonamides is 1. The Labute approximate surface area is 171 Å². The minimum Gasteiger partial charge on any atom is -0.339 e. The lowest BCUT2D eigenvalue weighted by Gasteiger charge is -2.33. The van der Waals surface area contributed by atoms with Crippen LogP contribution in [0.25, 0.3) is 0 Å². The predicted molar refractivity (Wildman–Crippen MR) is 109 cm³/mol. The van der Waals surface area contributed by atoms with Crippen molar-refractivity contribution in [3.63, 3.8) is 0 Å². The molecule has 0 N–H and O–H groups in total. The molecule has 0 unspecified atom stereocenters. The fourth-order valence-electron chi connectivity index (χ4n) is 2.87. The second-order valence-corrected chi connectivity index (χ2v) is 10.0. The summed E-state index contributed by atoms with van der Waals surface area (Å²) in [6, 6.07) is 9.31. The summed E-state index contributed by atoms with van der Waals surface area (Å²) in [5.41, 5.74) is -0.439. The lowest BCUT2D eigenvalue weighted by atomic mass is 10.3. The third-order valence-corrected chi connectivity index (χ3v) is 8.29. The van der Waals surface area contributed by atoms with E-state index >= 15 is 0 Å². The van der Waals surface area contributed by atoms with Crippen LogP contribution in [0, 0.1) is 10.1 Å². The zero-order chi connectivity index (χ0) is 20.1. The van der Waals surface area contributed by atoms with Crippen LogP contribution in [0.3, 0.4) is 0 Å². The molecule has 1 fully saturated rings. The number of nitro groups is 1. The highest BCUT2D eigenvalue weighted by atomic mass is 32.2. The van der Waals surface area contributed by atoms with Crippen molar-refractivity contribution in [2.75, 3.05) is 31.9 Å².